The largest absolute Gasteiger partial charge is 0.466 e. The molecule has 1 aromatic rings. The van der Waals surface area contributed by atoms with Crippen molar-refractivity contribution >= 4 is 17.3 Å². The van der Waals surface area contributed by atoms with Gasteiger partial charge >= 0.3 is 5.97 Å². The smallest absolute Gasteiger partial charge is 0.306 e. The Labute approximate surface area is 94.3 Å². The predicted octanol–water partition coefficient (Wildman–Crippen LogP) is 3.12. The Bertz CT molecular complexity index is 343. The lowest BCUT2D eigenvalue weighted by Gasteiger charge is -2.21. The molecule has 0 saturated heterocycles. The zero-order valence-corrected chi connectivity index (χ0v) is 9.81. The molecule has 0 bridgehead atoms. The van der Waals surface area contributed by atoms with Crippen molar-refractivity contribution in [2.45, 2.75) is 38.5 Å². The highest BCUT2D eigenvalue weighted by Crippen LogP contribution is 2.36. The fourth-order valence-corrected chi connectivity index (χ4v) is 3.23. The summed E-state index contributed by atoms with van der Waals surface area (Å²) in [4.78, 5) is 12.9. The van der Waals surface area contributed by atoms with Crippen LogP contribution in [0.2, 0.25) is 0 Å². The summed E-state index contributed by atoms with van der Waals surface area (Å²) in [6.07, 6.45) is 4.07. The number of esters is 1. The van der Waals surface area contributed by atoms with Crippen LogP contribution in [0, 0.1) is 0 Å². The molecule has 3 heteroatoms. The van der Waals surface area contributed by atoms with E-state index < -0.39 is 0 Å². The van der Waals surface area contributed by atoms with Crippen LogP contribution in [-0.2, 0) is 16.0 Å². The minimum absolute atomic E-state index is 0.0541. The number of fused-ring (bicyclic) bond motifs is 1. The van der Waals surface area contributed by atoms with Gasteiger partial charge in [-0.25, -0.2) is 0 Å². The van der Waals surface area contributed by atoms with Crippen LogP contribution in [0.1, 0.15) is 42.5 Å². The van der Waals surface area contributed by atoms with E-state index in [-0.39, 0.29) is 5.97 Å². The summed E-state index contributed by atoms with van der Waals surface area (Å²) in [5.41, 5.74) is 1.39. The van der Waals surface area contributed by atoms with Crippen LogP contribution in [0.3, 0.4) is 0 Å². The molecule has 0 spiro atoms. The fourth-order valence-electron chi connectivity index (χ4n) is 2.22. The van der Waals surface area contributed by atoms with Gasteiger partial charge in [-0.15, -0.1) is 11.3 Å². The predicted molar refractivity (Wildman–Crippen MR) is 61.2 cm³/mol. The number of carbonyl (C=O) groups excluding carboxylic acids is 1. The number of hydrogen-bond donors (Lipinski definition) is 0. The van der Waals surface area contributed by atoms with E-state index in [1.54, 1.807) is 0 Å². The van der Waals surface area contributed by atoms with E-state index >= 15 is 0 Å². The molecule has 1 aliphatic carbocycles. The summed E-state index contributed by atoms with van der Waals surface area (Å²) >= 11 is 1.82. The Kier molecular flexibility index (Phi) is 3.41. The second kappa shape index (κ2) is 4.79. The maximum atomic E-state index is 11.4. The maximum Gasteiger partial charge on any atom is 0.306 e. The van der Waals surface area contributed by atoms with E-state index in [9.17, 15) is 4.79 Å². The molecule has 2 rings (SSSR count). The van der Waals surface area contributed by atoms with Crippen molar-refractivity contribution in [2.24, 2.45) is 0 Å². The average molecular weight is 224 g/mol. The Hall–Kier alpha value is -0.830. The molecule has 0 saturated carbocycles. The first-order valence-electron chi connectivity index (χ1n) is 5.53. The number of aryl methyl sites for hydroxylation is 1. The molecule has 1 heterocycles. The highest BCUT2D eigenvalue weighted by Gasteiger charge is 2.23. The van der Waals surface area contributed by atoms with Gasteiger partial charge in [0, 0.05) is 4.88 Å². The van der Waals surface area contributed by atoms with Crippen molar-refractivity contribution < 1.29 is 9.53 Å². The first kappa shape index (κ1) is 10.7. The van der Waals surface area contributed by atoms with Gasteiger partial charge in [-0.1, -0.05) is 0 Å². The molecular weight excluding hydrogens is 208 g/mol. The zero-order chi connectivity index (χ0) is 10.7. The van der Waals surface area contributed by atoms with Crippen LogP contribution in [0.5, 0.6) is 0 Å². The normalized spacial score (nSPS) is 19.7. The molecule has 0 unspecified atom stereocenters. The number of rotatable bonds is 3. The molecule has 0 amide bonds. The van der Waals surface area contributed by atoms with Gasteiger partial charge in [-0.3, -0.25) is 4.79 Å². The van der Waals surface area contributed by atoms with Gasteiger partial charge < -0.3 is 4.74 Å². The first-order valence-corrected chi connectivity index (χ1v) is 6.41. The maximum absolute atomic E-state index is 11.4. The van der Waals surface area contributed by atoms with E-state index in [4.69, 9.17) is 4.74 Å². The molecular formula is C12H16O2S. The third kappa shape index (κ3) is 2.40. The molecule has 0 fully saturated rings. The van der Waals surface area contributed by atoms with Crippen LogP contribution in [0.15, 0.2) is 11.4 Å². The van der Waals surface area contributed by atoms with Crippen molar-refractivity contribution in [2.75, 3.05) is 6.61 Å². The van der Waals surface area contributed by atoms with E-state index in [0.717, 1.165) is 6.42 Å². The Morgan fingerprint density at radius 2 is 2.53 bits per heavy atom. The minimum Gasteiger partial charge on any atom is -0.466 e. The molecule has 82 valence electrons. The highest BCUT2D eigenvalue weighted by atomic mass is 32.1. The number of carbonyl (C=O) groups is 1. The summed E-state index contributed by atoms with van der Waals surface area (Å²) < 4.78 is 5.00. The van der Waals surface area contributed by atoms with Gasteiger partial charge in [0.05, 0.1) is 13.0 Å². The summed E-state index contributed by atoms with van der Waals surface area (Å²) in [6, 6.07) is 2.17. The summed E-state index contributed by atoms with van der Waals surface area (Å²) in [6.45, 7) is 2.34. The summed E-state index contributed by atoms with van der Waals surface area (Å²) in [7, 11) is 0. The minimum atomic E-state index is -0.0541. The van der Waals surface area contributed by atoms with Crippen molar-refractivity contribution in [3.8, 4) is 0 Å². The third-order valence-electron chi connectivity index (χ3n) is 2.89. The average Bonchev–Trinajstić information content (AvgIpc) is 2.67. The molecule has 1 aromatic heterocycles. The lowest BCUT2D eigenvalue weighted by Crippen LogP contribution is -2.14. The molecule has 15 heavy (non-hydrogen) atoms. The van der Waals surface area contributed by atoms with E-state index in [1.807, 2.05) is 18.3 Å². The molecule has 1 atom stereocenters. The second-order valence-corrected chi connectivity index (χ2v) is 4.90. The molecule has 0 N–H and O–H groups in total. The Balaban J connectivity index is 2.03. The van der Waals surface area contributed by atoms with E-state index in [0.29, 0.717) is 18.9 Å². The third-order valence-corrected chi connectivity index (χ3v) is 3.89. The van der Waals surface area contributed by atoms with Gasteiger partial charge in [0.15, 0.2) is 0 Å². The van der Waals surface area contributed by atoms with Crippen molar-refractivity contribution in [1.29, 1.82) is 0 Å². The molecule has 0 aliphatic heterocycles. The highest BCUT2D eigenvalue weighted by molar-refractivity contribution is 7.10. The molecule has 0 aromatic carbocycles. The topological polar surface area (TPSA) is 26.3 Å². The lowest BCUT2D eigenvalue weighted by molar-refractivity contribution is -0.143. The summed E-state index contributed by atoms with van der Waals surface area (Å²) in [5.74, 6) is 0.348. The number of hydrogen-bond acceptors (Lipinski definition) is 3. The van der Waals surface area contributed by atoms with Crippen LogP contribution in [-0.4, -0.2) is 12.6 Å². The van der Waals surface area contributed by atoms with Crippen LogP contribution < -0.4 is 0 Å². The molecule has 0 radical (unpaired) electrons. The van der Waals surface area contributed by atoms with Crippen LogP contribution in [0.4, 0.5) is 0 Å². The van der Waals surface area contributed by atoms with Gasteiger partial charge in [-0.05, 0) is 49.1 Å². The van der Waals surface area contributed by atoms with Crippen molar-refractivity contribution in [3.63, 3.8) is 0 Å². The van der Waals surface area contributed by atoms with Crippen LogP contribution >= 0.6 is 11.3 Å². The van der Waals surface area contributed by atoms with Gasteiger partial charge in [0.25, 0.3) is 0 Å². The van der Waals surface area contributed by atoms with Gasteiger partial charge in [-0.2, -0.15) is 0 Å². The standard InChI is InChI=1S/C12H16O2S/c1-2-14-12(13)8-9-4-3-5-11-10(9)6-7-15-11/h6-7,9H,2-5,8H2,1H3/t9-/m0/s1. The summed E-state index contributed by atoms with van der Waals surface area (Å²) in [5, 5.41) is 2.13. The van der Waals surface area contributed by atoms with Gasteiger partial charge in [0.2, 0.25) is 0 Å². The molecule has 1 aliphatic rings. The van der Waals surface area contributed by atoms with Gasteiger partial charge in [0.1, 0.15) is 0 Å². The van der Waals surface area contributed by atoms with Crippen LogP contribution in [0.25, 0.3) is 0 Å². The lowest BCUT2D eigenvalue weighted by atomic mass is 9.85. The Morgan fingerprint density at radius 3 is 3.33 bits per heavy atom. The Morgan fingerprint density at radius 1 is 1.67 bits per heavy atom. The molecule has 2 nitrogen and oxygen atoms in total. The van der Waals surface area contributed by atoms with E-state index in [1.165, 1.54) is 23.3 Å². The number of thiophene rings is 1. The monoisotopic (exact) mass is 224 g/mol. The SMILES string of the molecule is CCOC(=O)C[C@@H]1CCCc2sccc21. The number of ether oxygens (including phenoxy) is 1. The first-order chi connectivity index (χ1) is 7.31. The van der Waals surface area contributed by atoms with Crippen molar-refractivity contribution in [1.82, 2.24) is 0 Å². The van der Waals surface area contributed by atoms with Crippen molar-refractivity contribution in [3.05, 3.63) is 21.9 Å². The zero-order valence-electron chi connectivity index (χ0n) is 8.99. The quantitative estimate of drug-likeness (QED) is 0.737. The van der Waals surface area contributed by atoms with E-state index in [2.05, 4.69) is 11.4 Å². The fraction of sp³-hybridized carbons (Fsp3) is 0.583. The second-order valence-electron chi connectivity index (χ2n) is 3.90.